The number of aliphatic hydroxyl groups is 1. The lowest BCUT2D eigenvalue weighted by molar-refractivity contribution is -0.128. The summed E-state index contributed by atoms with van der Waals surface area (Å²) in [6.45, 7) is 10.4. The summed E-state index contributed by atoms with van der Waals surface area (Å²) in [5.74, 6) is 0.597. The summed E-state index contributed by atoms with van der Waals surface area (Å²) < 4.78 is 0. The molecule has 5 nitrogen and oxygen atoms in total. The molecule has 4 atom stereocenters. The molecule has 35 heavy (non-hydrogen) atoms. The lowest BCUT2D eigenvalue weighted by Crippen LogP contribution is -2.52. The van der Waals surface area contributed by atoms with Crippen molar-refractivity contribution >= 4 is 11.8 Å². The zero-order valence-electron chi connectivity index (χ0n) is 22.2. The van der Waals surface area contributed by atoms with Crippen molar-refractivity contribution in [2.24, 2.45) is 17.3 Å². The lowest BCUT2D eigenvalue weighted by atomic mass is 9.72. The van der Waals surface area contributed by atoms with Crippen molar-refractivity contribution in [1.29, 1.82) is 0 Å². The number of amides is 2. The Hall–Kier alpha value is -2.40. The van der Waals surface area contributed by atoms with Crippen LogP contribution in [0.3, 0.4) is 0 Å². The van der Waals surface area contributed by atoms with E-state index < -0.39 is 12.6 Å². The predicted octanol–water partition coefficient (Wildman–Crippen LogP) is 5.30. The minimum Gasteiger partial charge on any atom is -0.394 e. The van der Waals surface area contributed by atoms with Gasteiger partial charge in [-0.1, -0.05) is 61.8 Å². The number of aliphatic hydroxyl groups excluding tert-OH is 1. The zero-order chi connectivity index (χ0) is 25.6. The lowest BCUT2D eigenvalue weighted by Gasteiger charge is -2.32. The first-order valence-corrected chi connectivity index (χ1v) is 13.2. The molecule has 0 saturated heterocycles. The van der Waals surface area contributed by atoms with Crippen molar-refractivity contribution in [3.63, 3.8) is 0 Å². The standard InChI is InChI=1S/C30H44N2O3/c1-20(11-14-25-22(3)10-7-15-30(25,4)5)8-6-9-21(2)16-28(34)31-27(19-33)29(35)32-26-18-23-12-13-24(26)17-23/h6,8-9,11,14,16,23-24,26-27,33H,7,10,12-13,15,17-19H2,1-5H3,(H,31,34)(H,32,35). The van der Waals surface area contributed by atoms with Gasteiger partial charge in [-0.2, -0.15) is 0 Å². The van der Waals surface area contributed by atoms with Crippen LogP contribution in [0.15, 0.2) is 58.7 Å². The summed E-state index contributed by atoms with van der Waals surface area (Å²) >= 11 is 0. The molecular weight excluding hydrogens is 436 g/mol. The fraction of sp³-hybridized carbons (Fsp3) is 0.600. The second kappa shape index (κ2) is 12.0. The van der Waals surface area contributed by atoms with E-state index >= 15 is 0 Å². The van der Waals surface area contributed by atoms with Crippen LogP contribution >= 0.6 is 0 Å². The third-order valence-corrected chi connectivity index (χ3v) is 8.01. The number of hydrogen-bond donors (Lipinski definition) is 3. The van der Waals surface area contributed by atoms with Crippen molar-refractivity contribution in [3.05, 3.63) is 58.7 Å². The van der Waals surface area contributed by atoms with Crippen LogP contribution in [0.1, 0.15) is 79.6 Å². The Balaban J connectivity index is 1.50. The number of carbonyl (C=O) groups excluding carboxylic acids is 2. The van der Waals surface area contributed by atoms with E-state index in [1.54, 1.807) is 0 Å². The van der Waals surface area contributed by atoms with Gasteiger partial charge in [-0.3, -0.25) is 9.59 Å². The number of nitrogens with one attached hydrogen (secondary N) is 2. The van der Waals surface area contributed by atoms with E-state index in [0.29, 0.717) is 5.92 Å². The third kappa shape index (κ3) is 7.54. The highest BCUT2D eigenvalue weighted by Gasteiger charge is 2.40. The van der Waals surface area contributed by atoms with E-state index in [4.69, 9.17) is 0 Å². The molecule has 4 unspecified atom stereocenters. The molecule has 0 radical (unpaired) electrons. The smallest absolute Gasteiger partial charge is 0.245 e. The Morgan fingerprint density at radius 2 is 1.91 bits per heavy atom. The van der Waals surface area contributed by atoms with Crippen LogP contribution in [0, 0.1) is 17.3 Å². The predicted molar refractivity (Wildman–Crippen MR) is 143 cm³/mol. The highest BCUT2D eigenvalue weighted by molar-refractivity contribution is 5.93. The molecule has 0 aromatic rings. The number of allylic oxidation sites excluding steroid dienone is 9. The fourth-order valence-electron chi connectivity index (χ4n) is 6.00. The molecule has 2 saturated carbocycles. The third-order valence-electron chi connectivity index (χ3n) is 8.01. The van der Waals surface area contributed by atoms with E-state index in [-0.39, 0.29) is 23.3 Å². The minimum atomic E-state index is -0.927. The van der Waals surface area contributed by atoms with Gasteiger partial charge in [-0.15, -0.1) is 0 Å². The summed E-state index contributed by atoms with van der Waals surface area (Å²) in [6, 6.07) is -0.746. The first kappa shape index (κ1) is 27.2. The molecule has 3 rings (SSSR count). The van der Waals surface area contributed by atoms with Gasteiger partial charge in [-0.05, 0) is 87.7 Å². The zero-order valence-corrected chi connectivity index (χ0v) is 22.2. The van der Waals surface area contributed by atoms with Crippen LogP contribution in [-0.4, -0.2) is 35.6 Å². The Bertz CT molecular complexity index is 951. The van der Waals surface area contributed by atoms with Crippen molar-refractivity contribution in [3.8, 4) is 0 Å². The number of hydrogen-bond acceptors (Lipinski definition) is 3. The van der Waals surface area contributed by atoms with Crippen LogP contribution in [-0.2, 0) is 9.59 Å². The maximum atomic E-state index is 12.6. The van der Waals surface area contributed by atoms with Crippen molar-refractivity contribution in [1.82, 2.24) is 10.6 Å². The normalized spacial score (nSPS) is 27.7. The molecule has 0 heterocycles. The second-order valence-corrected chi connectivity index (χ2v) is 11.5. The van der Waals surface area contributed by atoms with E-state index in [1.165, 1.54) is 55.7 Å². The van der Waals surface area contributed by atoms with E-state index in [2.05, 4.69) is 50.5 Å². The highest BCUT2D eigenvalue weighted by atomic mass is 16.3. The Morgan fingerprint density at radius 1 is 1.14 bits per heavy atom. The SMILES string of the molecule is CC(C=CC1=C(C)CCCC1(C)C)=CC=CC(C)=CC(=O)NC(CO)C(=O)NC1CC2CCC1C2. The average Bonchev–Trinajstić information content (AvgIpc) is 3.40. The maximum Gasteiger partial charge on any atom is 0.245 e. The van der Waals surface area contributed by atoms with Gasteiger partial charge in [0.2, 0.25) is 11.8 Å². The Morgan fingerprint density at radius 3 is 2.54 bits per heavy atom. The molecule has 2 bridgehead atoms. The first-order valence-electron chi connectivity index (χ1n) is 13.2. The van der Waals surface area contributed by atoms with Crippen LogP contribution in [0.25, 0.3) is 0 Å². The molecular formula is C30H44N2O3. The van der Waals surface area contributed by atoms with Crippen LogP contribution in [0.5, 0.6) is 0 Å². The van der Waals surface area contributed by atoms with Crippen LogP contribution in [0.2, 0.25) is 0 Å². The molecule has 2 amide bonds. The average molecular weight is 481 g/mol. The van der Waals surface area contributed by atoms with Gasteiger partial charge >= 0.3 is 0 Å². The molecule has 3 N–H and O–H groups in total. The molecule has 3 aliphatic carbocycles. The fourth-order valence-corrected chi connectivity index (χ4v) is 6.00. The van der Waals surface area contributed by atoms with Gasteiger partial charge in [0, 0.05) is 12.1 Å². The molecule has 0 aliphatic heterocycles. The summed E-state index contributed by atoms with van der Waals surface area (Å²) in [7, 11) is 0. The summed E-state index contributed by atoms with van der Waals surface area (Å²) in [5.41, 5.74) is 5.06. The van der Waals surface area contributed by atoms with Gasteiger partial charge in [0.05, 0.1) is 6.61 Å². The van der Waals surface area contributed by atoms with E-state index in [1.807, 2.05) is 25.2 Å². The van der Waals surface area contributed by atoms with Gasteiger partial charge < -0.3 is 15.7 Å². The Kier molecular flexibility index (Phi) is 9.34. The summed E-state index contributed by atoms with van der Waals surface area (Å²) in [6.07, 6.45) is 20.0. The molecule has 2 fully saturated rings. The maximum absolute atomic E-state index is 12.6. The van der Waals surface area contributed by atoms with Gasteiger partial charge in [0.25, 0.3) is 0 Å². The van der Waals surface area contributed by atoms with Gasteiger partial charge in [-0.25, -0.2) is 0 Å². The first-order chi connectivity index (χ1) is 16.6. The summed E-state index contributed by atoms with van der Waals surface area (Å²) in [5, 5.41) is 15.3. The summed E-state index contributed by atoms with van der Waals surface area (Å²) in [4.78, 5) is 25.0. The monoisotopic (exact) mass is 480 g/mol. The number of fused-ring (bicyclic) bond motifs is 2. The largest absolute Gasteiger partial charge is 0.394 e. The second-order valence-electron chi connectivity index (χ2n) is 11.5. The van der Waals surface area contributed by atoms with Crippen LogP contribution < -0.4 is 10.6 Å². The van der Waals surface area contributed by atoms with Crippen molar-refractivity contribution in [2.75, 3.05) is 6.61 Å². The minimum absolute atomic E-state index is 0.181. The van der Waals surface area contributed by atoms with Gasteiger partial charge in [0.1, 0.15) is 6.04 Å². The Labute approximate surface area is 211 Å². The van der Waals surface area contributed by atoms with Crippen molar-refractivity contribution in [2.45, 2.75) is 91.6 Å². The van der Waals surface area contributed by atoms with E-state index in [9.17, 15) is 14.7 Å². The molecule has 5 heteroatoms. The highest BCUT2D eigenvalue weighted by Crippen LogP contribution is 2.44. The molecule has 192 valence electrons. The topological polar surface area (TPSA) is 78.4 Å². The number of carbonyl (C=O) groups is 2. The van der Waals surface area contributed by atoms with E-state index in [0.717, 1.165) is 23.5 Å². The molecule has 0 aromatic heterocycles. The quantitative estimate of drug-likeness (QED) is 0.309. The molecule has 0 spiro atoms. The molecule has 3 aliphatic rings. The molecule has 0 aromatic carbocycles. The van der Waals surface area contributed by atoms with Gasteiger partial charge in [0.15, 0.2) is 0 Å². The van der Waals surface area contributed by atoms with Crippen molar-refractivity contribution < 1.29 is 14.7 Å². The number of rotatable bonds is 9. The van der Waals surface area contributed by atoms with Crippen LogP contribution in [0.4, 0.5) is 0 Å².